The van der Waals surface area contributed by atoms with Crippen molar-refractivity contribution in [3.05, 3.63) is 35.9 Å². The molecule has 1 aliphatic heterocycles. The van der Waals surface area contributed by atoms with Crippen molar-refractivity contribution in [3.8, 4) is 0 Å². The van der Waals surface area contributed by atoms with Gasteiger partial charge in [-0.2, -0.15) is 0 Å². The van der Waals surface area contributed by atoms with Crippen LogP contribution in [0.15, 0.2) is 30.3 Å². The maximum atomic E-state index is 11.5. The van der Waals surface area contributed by atoms with E-state index in [1.54, 1.807) is 6.92 Å². The Hall–Kier alpha value is -1.72. The molecule has 5 heteroatoms. The fourth-order valence-corrected chi connectivity index (χ4v) is 4.13. The van der Waals surface area contributed by atoms with Gasteiger partial charge in [0, 0.05) is 52.0 Å². The van der Waals surface area contributed by atoms with Gasteiger partial charge in [-0.1, -0.05) is 50.1 Å². The van der Waals surface area contributed by atoms with Crippen LogP contribution in [0, 0.1) is 0 Å². The molecule has 2 N–H and O–H groups in total. The minimum Gasteiger partial charge on any atom is -0.352 e. The van der Waals surface area contributed by atoms with Crippen molar-refractivity contribution in [2.45, 2.75) is 70.8 Å². The molecular formula is C24H39N3O2. The van der Waals surface area contributed by atoms with Gasteiger partial charge < -0.3 is 15.5 Å². The first-order valence-corrected chi connectivity index (χ1v) is 11.3. The highest BCUT2D eigenvalue weighted by Gasteiger charge is 2.23. The number of hydrogen-bond acceptors (Lipinski definition) is 4. The van der Waals surface area contributed by atoms with Crippen LogP contribution in [-0.4, -0.2) is 55.4 Å². The van der Waals surface area contributed by atoms with Crippen LogP contribution in [0.3, 0.4) is 0 Å². The highest BCUT2D eigenvalue weighted by atomic mass is 16.1. The fourth-order valence-electron chi connectivity index (χ4n) is 4.13. The van der Waals surface area contributed by atoms with Gasteiger partial charge in [0.15, 0.2) is 0 Å². The van der Waals surface area contributed by atoms with Crippen molar-refractivity contribution < 1.29 is 9.59 Å². The summed E-state index contributed by atoms with van der Waals surface area (Å²) in [7, 11) is 0. The maximum Gasteiger partial charge on any atom is 0.217 e. The number of ketones is 1. The van der Waals surface area contributed by atoms with Crippen LogP contribution >= 0.6 is 0 Å². The Morgan fingerprint density at radius 2 is 1.97 bits per heavy atom. The van der Waals surface area contributed by atoms with Crippen molar-refractivity contribution in [1.29, 1.82) is 0 Å². The molecule has 0 saturated carbocycles. The molecule has 1 fully saturated rings. The lowest BCUT2D eigenvalue weighted by molar-refractivity contribution is -0.120. The molecule has 2 rings (SSSR count). The second kappa shape index (κ2) is 13.5. The predicted molar refractivity (Wildman–Crippen MR) is 119 cm³/mol. The standard InChI is InChI=1S/C24H39N3O2/c1-3-24(29)13-9-5-8-12-23(26-20(2)28)18-25-15-17-27-16-14-22(19-27)21-10-6-4-7-11-21/h4,6-7,10-11,22-23,25H,3,5,8-9,12-19H2,1-2H3,(H,26,28). The van der Waals surface area contributed by atoms with E-state index in [1.807, 2.05) is 6.92 Å². The summed E-state index contributed by atoms with van der Waals surface area (Å²) in [5, 5.41) is 6.60. The number of unbranched alkanes of at least 4 members (excludes halogenated alkanes) is 2. The Bertz CT molecular complexity index is 605. The number of Topliss-reactive ketones (excluding diaryl/α,β-unsaturated/α-hetero) is 1. The van der Waals surface area contributed by atoms with Gasteiger partial charge in [0.1, 0.15) is 5.78 Å². The van der Waals surface area contributed by atoms with Crippen LogP contribution in [0.1, 0.15) is 70.3 Å². The van der Waals surface area contributed by atoms with Crippen molar-refractivity contribution in [2.24, 2.45) is 0 Å². The zero-order valence-corrected chi connectivity index (χ0v) is 18.3. The molecule has 162 valence electrons. The van der Waals surface area contributed by atoms with Gasteiger partial charge >= 0.3 is 0 Å². The first kappa shape index (κ1) is 23.6. The van der Waals surface area contributed by atoms with Crippen molar-refractivity contribution in [1.82, 2.24) is 15.5 Å². The van der Waals surface area contributed by atoms with Crippen molar-refractivity contribution >= 4 is 11.7 Å². The lowest BCUT2D eigenvalue weighted by atomic mass is 9.99. The quantitative estimate of drug-likeness (QED) is 0.469. The van der Waals surface area contributed by atoms with Crippen LogP contribution in [0.4, 0.5) is 0 Å². The lowest BCUT2D eigenvalue weighted by Gasteiger charge is -2.20. The topological polar surface area (TPSA) is 61.4 Å². The van der Waals surface area contributed by atoms with Crippen molar-refractivity contribution in [3.63, 3.8) is 0 Å². The van der Waals surface area contributed by atoms with E-state index < -0.39 is 0 Å². The van der Waals surface area contributed by atoms with Gasteiger partial charge in [-0.3, -0.25) is 9.59 Å². The molecule has 1 aromatic carbocycles. The largest absolute Gasteiger partial charge is 0.352 e. The average molecular weight is 402 g/mol. The molecule has 0 aliphatic carbocycles. The van der Waals surface area contributed by atoms with Gasteiger partial charge in [-0.25, -0.2) is 0 Å². The summed E-state index contributed by atoms with van der Waals surface area (Å²) < 4.78 is 0. The first-order valence-electron chi connectivity index (χ1n) is 11.3. The van der Waals surface area contributed by atoms with E-state index in [-0.39, 0.29) is 11.9 Å². The van der Waals surface area contributed by atoms with E-state index >= 15 is 0 Å². The second-order valence-electron chi connectivity index (χ2n) is 8.29. The third-order valence-electron chi connectivity index (χ3n) is 5.85. The van der Waals surface area contributed by atoms with E-state index in [2.05, 4.69) is 45.9 Å². The van der Waals surface area contributed by atoms with E-state index in [0.29, 0.717) is 24.5 Å². The molecule has 1 saturated heterocycles. The molecule has 0 bridgehead atoms. The molecular weight excluding hydrogens is 362 g/mol. The number of benzene rings is 1. The Morgan fingerprint density at radius 1 is 1.17 bits per heavy atom. The maximum absolute atomic E-state index is 11.5. The van der Waals surface area contributed by atoms with Gasteiger partial charge in [-0.05, 0) is 37.3 Å². The van der Waals surface area contributed by atoms with E-state index in [9.17, 15) is 9.59 Å². The number of rotatable bonds is 14. The summed E-state index contributed by atoms with van der Waals surface area (Å²) in [5.41, 5.74) is 1.45. The van der Waals surface area contributed by atoms with Crippen LogP contribution in [0.2, 0.25) is 0 Å². The Labute approximate surface area is 176 Å². The number of nitrogens with one attached hydrogen (secondary N) is 2. The summed E-state index contributed by atoms with van der Waals surface area (Å²) in [5.74, 6) is 1.03. The molecule has 1 aromatic rings. The average Bonchev–Trinajstić information content (AvgIpc) is 3.19. The highest BCUT2D eigenvalue weighted by Crippen LogP contribution is 2.26. The third-order valence-corrected chi connectivity index (χ3v) is 5.85. The smallest absolute Gasteiger partial charge is 0.217 e. The highest BCUT2D eigenvalue weighted by molar-refractivity contribution is 5.77. The van der Waals surface area contributed by atoms with Crippen LogP contribution in [0.5, 0.6) is 0 Å². The number of carbonyl (C=O) groups excluding carboxylic acids is 2. The molecule has 1 amide bonds. The van der Waals surface area contributed by atoms with Gasteiger partial charge in [0.25, 0.3) is 0 Å². The molecule has 0 aromatic heterocycles. The van der Waals surface area contributed by atoms with Gasteiger partial charge in [-0.15, -0.1) is 0 Å². The normalized spacial score (nSPS) is 17.9. The molecule has 2 unspecified atom stereocenters. The number of nitrogens with zero attached hydrogens (tertiary/aromatic N) is 1. The summed E-state index contributed by atoms with van der Waals surface area (Å²) in [6, 6.07) is 11.0. The van der Waals surface area contributed by atoms with Gasteiger partial charge in [0.2, 0.25) is 5.91 Å². The monoisotopic (exact) mass is 401 g/mol. The Balaban J connectivity index is 1.60. The number of amides is 1. The Kier molecular flexibility index (Phi) is 11.0. The van der Waals surface area contributed by atoms with Crippen LogP contribution in [0.25, 0.3) is 0 Å². The van der Waals surface area contributed by atoms with Crippen molar-refractivity contribution in [2.75, 3.05) is 32.7 Å². The zero-order valence-electron chi connectivity index (χ0n) is 18.3. The van der Waals surface area contributed by atoms with E-state index in [4.69, 9.17) is 0 Å². The summed E-state index contributed by atoms with van der Waals surface area (Å²) in [6.07, 6.45) is 6.60. The first-order chi connectivity index (χ1) is 14.1. The molecule has 5 nitrogen and oxygen atoms in total. The minimum absolute atomic E-state index is 0.0307. The second-order valence-corrected chi connectivity index (χ2v) is 8.29. The minimum atomic E-state index is 0.0307. The number of carbonyl (C=O) groups is 2. The predicted octanol–water partition coefficient (Wildman–Crippen LogP) is 3.50. The number of hydrogen-bond donors (Lipinski definition) is 2. The van der Waals surface area contributed by atoms with Gasteiger partial charge in [0.05, 0.1) is 0 Å². The molecule has 29 heavy (non-hydrogen) atoms. The van der Waals surface area contributed by atoms with E-state index in [0.717, 1.165) is 58.4 Å². The summed E-state index contributed by atoms with van der Waals surface area (Å²) in [4.78, 5) is 25.4. The van der Waals surface area contributed by atoms with Crippen LogP contribution < -0.4 is 10.6 Å². The lowest BCUT2D eigenvalue weighted by Crippen LogP contribution is -2.42. The van der Waals surface area contributed by atoms with E-state index in [1.165, 1.54) is 12.0 Å². The zero-order chi connectivity index (χ0) is 20.9. The molecule has 0 radical (unpaired) electrons. The summed E-state index contributed by atoms with van der Waals surface area (Å²) in [6.45, 7) is 8.61. The number of likely N-dealkylation sites (tertiary alicyclic amines) is 1. The molecule has 2 atom stereocenters. The summed E-state index contributed by atoms with van der Waals surface area (Å²) >= 11 is 0. The SMILES string of the molecule is CCC(=O)CCCCCC(CNCCN1CCC(c2ccccc2)C1)NC(C)=O. The fraction of sp³-hybridized carbons (Fsp3) is 0.667. The molecule has 0 spiro atoms. The Morgan fingerprint density at radius 3 is 2.69 bits per heavy atom. The third kappa shape index (κ3) is 9.55. The molecule has 1 aliphatic rings. The van der Waals surface area contributed by atoms with Crippen LogP contribution in [-0.2, 0) is 9.59 Å². The molecule has 1 heterocycles.